The second-order valence-electron chi connectivity index (χ2n) is 4.56. The molecule has 94 valence electrons. The molecule has 18 heavy (non-hydrogen) atoms. The van der Waals surface area contributed by atoms with Crippen LogP contribution in [-0.4, -0.2) is 10.1 Å². The summed E-state index contributed by atoms with van der Waals surface area (Å²) in [4.78, 5) is 4.36. The fourth-order valence-electron chi connectivity index (χ4n) is 2.29. The summed E-state index contributed by atoms with van der Waals surface area (Å²) in [6, 6.07) is 5.92. The van der Waals surface area contributed by atoms with Crippen molar-refractivity contribution in [3.8, 4) is 5.75 Å². The van der Waals surface area contributed by atoms with E-state index in [9.17, 15) is 5.11 Å². The van der Waals surface area contributed by atoms with Crippen molar-refractivity contribution in [2.24, 2.45) is 0 Å². The number of ether oxygens (including phenoxy) is 1. The average molecular weight is 261 g/mol. The lowest BCUT2D eigenvalue weighted by Crippen LogP contribution is -1.97. The Labute approximate surface area is 110 Å². The first kappa shape index (κ1) is 11.7. The first-order valence-electron chi connectivity index (χ1n) is 6.07. The molecule has 0 unspecified atom stereocenters. The molecule has 1 N–H and O–H groups in total. The van der Waals surface area contributed by atoms with Gasteiger partial charge in [-0.1, -0.05) is 6.07 Å². The predicted molar refractivity (Wildman–Crippen MR) is 70.9 cm³/mol. The van der Waals surface area contributed by atoms with Gasteiger partial charge in [-0.2, -0.15) is 0 Å². The summed E-state index contributed by atoms with van der Waals surface area (Å²) >= 11 is 1.64. The monoisotopic (exact) mass is 261 g/mol. The van der Waals surface area contributed by atoms with Gasteiger partial charge in [0.1, 0.15) is 12.4 Å². The fraction of sp³-hybridized carbons (Fsp3) is 0.357. The van der Waals surface area contributed by atoms with E-state index >= 15 is 0 Å². The Morgan fingerprint density at radius 2 is 2.39 bits per heavy atom. The van der Waals surface area contributed by atoms with Crippen molar-refractivity contribution < 1.29 is 9.84 Å². The summed E-state index contributed by atoms with van der Waals surface area (Å²) in [5, 5.41) is 12.8. The summed E-state index contributed by atoms with van der Waals surface area (Å²) in [6.45, 7) is 2.50. The number of aliphatic hydroxyl groups excluding tert-OH is 1. The Bertz CT molecular complexity index is 565. The van der Waals surface area contributed by atoms with Crippen molar-refractivity contribution in [1.29, 1.82) is 0 Å². The molecule has 1 aliphatic rings. The van der Waals surface area contributed by atoms with E-state index in [1.807, 2.05) is 30.5 Å². The highest BCUT2D eigenvalue weighted by atomic mass is 32.1. The maximum absolute atomic E-state index is 9.73. The Kier molecular flexibility index (Phi) is 3.06. The van der Waals surface area contributed by atoms with Crippen LogP contribution in [0.4, 0.5) is 0 Å². The second kappa shape index (κ2) is 4.71. The zero-order chi connectivity index (χ0) is 12.5. The van der Waals surface area contributed by atoms with Crippen molar-refractivity contribution in [1.82, 2.24) is 4.98 Å². The highest BCUT2D eigenvalue weighted by molar-refractivity contribution is 7.09. The molecule has 1 aromatic heterocycles. The van der Waals surface area contributed by atoms with E-state index in [1.54, 1.807) is 11.3 Å². The van der Waals surface area contributed by atoms with Gasteiger partial charge in [-0.15, -0.1) is 11.3 Å². The highest BCUT2D eigenvalue weighted by Gasteiger charge is 2.20. The molecule has 0 amide bonds. The fourth-order valence-corrected chi connectivity index (χ4v) is 2.89. The van der Waals surface area contributed by atoms with Crippen LogP contribution in [0.2, 0.25) is 0 Å². The van der Waals surface area contributed by atoms with Gasteiger partial charge in [0.2, 0.25) is 0 Å². The normalized spacial score (nSPS) is 17.8. The lowest BCUT2D eigenvalue weighted by atomic mass is 10.1. The zero-order valence-electron chi connectivity index (χ0n) is 10.2. The first-order valence-corrected chi connectivity index (χ1v) is 6.95. The molecule has 0 radical (unpaired) electrons. The van der Waals surface area contributed by atoms with Crippen LogP contribution in [0.3, 0.4) is 0 Å². The maximum atomic E-state index is 9.73. The molecule has 3 rings (SSSR count). The van der Waals surface area contributed by atoms with Gasteiger partial charge in [0.15, 0.2) is 0 Å². The quantitative estimate of drug-likeness (QED) is 0.923. The van der Waals surface area contributed by atoms with Gasteiger partial charge in [-0.05, 0) is 43.0 Å². The van der Waals surface area contributed by atoms with Crippen LogP contribution in [-0.2, 0) is 13.0 Å². The number of aryl methyl sites for hydroxylation is 2. The van der Waals surface area contributed by atoms with Gasteiger partial charge in [0, 0.05) is 5.38 Å². The van der Waals surface area contributed by atoms with E-state index in [0.29, 0.717) is 6.61 Å². The van der Waals surface area contributed by atoms with Gasteiger partial charge in [0.25, 0.3) is 0 Å². The van der Waals surface area contributed by atoms with Crippen molar-refractivity contribution in [3.05, 3.63) is 45.4 Å². The van der Waals surface area contributed by atoms with Crippen molar-refractivity contribution >= 4 is 11.3 Å². The number of rotatable bonds is 3. The molecule has 3 nitrogen and oxygen atoms in total. The summed E-state index contributed by atoms with van der Waals surface area (Å²) in [5.41, 5.74) is 3.22. The summed E-state index contributed by atoms with van der Waals surface area (Å²) in [5.74, 6) is 0.855. The van der Waals surface area contributed by atoms with E-state index in [0.717, 1.165) is 34.9 Å². The highest BCUT2D eigenvalue weighted by Crippen LogP contribution is 2.33. The maximum Gasteiger partial charge on any atom is 0.131 e. The number of benzene rings is 1. The molecule has 1 heterocycles. The lowest BCUT2D eigenvalue weighted by Gasteiger charge is -2.08. The number of aliphatic hydroxyl groups is 1. The van der Waals surface area contributed by atoms with Gasteiger partial charge < -0.3 is 9.84 Å². The number of fused-ring (bicyclic) bond motifs is 1. The van der Waals surface area contributed by atoms with Crippen molar-refractivity contribution in [2.75, 3.05) is 0 Å². The Morgan fingerprint density at radius 3 is 3.17 bits per heavy atom. The molecule has 0 spiro atoms. The molecule has 1 aliphatic carbocycles. The van der Waals surface area contributed by atoms with E-state index in [1.165, 1.54) is 5.56 Å². The van der Waals surface area contributed by atoms with Crippen molar-refractivity contribution in [2.45, 2.75) is 32.5 Å². The van der Waals surface area contributed by atoms with Gasteiger partial charge >= 0.3 is 0 Å². The number of thiazole rings is 1. The van der Waals surface area contributed by atoms with E-state index in [2.05, 4.69) is 4.98 Å². The minimum absolute atomic E-state index is 0.296. The summed E-state index contributed by atoms with van der Waals surface area (Å²) < 4.78 is 5.73. The van der Waals surface area contributed by atoms with Crippen LogP contribution in [0.25, 0.3) is 0 Å². The molecule has 0 saturated carbocycles. The minimum Gasteiger partial charge on any atom is -0.487 e. The van der Waals surface area contributed by atoms with Gasteiger partial charge in [-0.3, -0.25) is 0 Å². The number of hydrogen-bond donors (Lipinski definition) is 1. The second-order valence-corrected chi connectivity index (χ2v) is 5.62. The smallest absolute Gasteiger partial charge is 0.131 e. The van der Waals surface area contributed by atoms with E-state index in [-0.39, 0.29) is 6.10 Å². The first-order chi connectivity index (χ1) is 8.72. The number of nitrogens with zero attached hydrogens (tertiary/aromatic N) is 1. The Hall–Kier alpha value is -1.39. The predicted octanol–water partition coefficient (Wildman–Crippen LogP) is 3.01. The van der Waals surface area contributed by atoms with Crippen LogP contribution >= 0.6 is 11.3 Å². The third-order valence-corrected chi connectivity index (χ3v) is 4.04. The summed E-state index contributed by atoms with van der Waals surface area (Å²) in [7, 11) is 0. The molecule has 1 aromatic carbocycles. The van der Waals surface area contributed by atoms with Crippen LogP contribution in [0.15, 0.2) is 23.6 Å². The van der Waals surface area contributed by atoms with Crippen LogP contribution in [0.1, 0.15) is 34.4 Å². The van der Waals surface area contributed by atoms with Crippen LogP contribution < -0.4 is 4.74 Å². The van der Waals surface area contributed by atoms with Crippen molar-refractivity contribution in [3.63, 3.8) is 0 Å². The largest absolute Gasteiger partial charge is 0.487 e. The van der Waals surface area contributed by atoms with E-state index < -0.39 is 0 Å². The molecular weight excluding hydrogens is 246 g/mol. The van der Waals surface area contributed by atoms with E-state index in [4.69, 9.17) is 4.74 Å². The summed E-state index contributed by atoms with van der Waals surface area (Å²) in [6.07, 6.45) is 1.46. The minimum atomic E-state index is -0.296. The molecule has 0 bridgehead atoms. The van der Waals surface area contributed by atoms with Gasteiger partial charge in [-0.25, -0.2) is 4.98 Å². The molecule has 0 saturated heterocycles. The van der Waals surface area contributed by atoms with Crippen LogP contribution in [0.5, 0.6) is 5.75 Å². The number of hydrogen-bond acceptors (Lipinski definition) is 4. The number of aromatic nitrogens is 1. The third kappa shape index (κ3) is 2.26. The van der Waals surface area contributed by atoms with Crippen LogP contribution in [0, 0.1) is 6.92 Å². The SMILES string of the molecule is Cc1nc(COc2ccc3c(c2)CC[C@H]3O)cs1. The Morgan fingerprint density at radius 1 is 1.50 bits per heavy atom. The molecule has 0 fully saturated rings. The Balaban J connectivity index is 1.70. The molecule has 4 heteroatoms. The average Bonchev–Trinajstić information content (AvgIpc) is 2.94. The third-order valence-electron chi connectivity index (χ3n) is 3.21. The molecular formula is C14H15NO2S. The molecule has 1 atom stereocenters. The lowest BCUT2D eigenvalue weighted by molar-refractivity contribution is 0.180. The zero-order valence-corrected chi connectivity index (χ0v) is 11.0. The molecule has 2 aromatic rings. The topological polar surface area (TPSA) is 42.4 Å². The standard InChI is InChI=1S/C14H15NO2S/c1-9-15-11(8-18-9)7-17-12-3-4-13-10(6-12)2-5-14(13)16/h3-4,6,8,14,16H,2,5,7H2,1H3/t14-/m1/s1. The molecule has 0 aliphatic heterocycles. The van der Waals surface area contributed by atoms with Gasteiger partial charge in [0.05, 0.1) is 16.8 Å².